The number of anilines is 1. The van der Waals surface area contributed by atoms with Crippen LogP contribution in [0.4, 0.5) is 10.1 Å². The zero-order valence-corrected chi connectivity index (χ0v) is 17.4. The van der Waals surface area contributed by atoms with E-state index in [1.165, 1.54) is 30.0 Å². The molecule has 1 aliphatic carbocycles. The van der Waals surface area contributed by atoms with Crippen molar-refractivity contribution in [1.82, 2.24) is 0 Å². The third-order valence-corrected chi connectivity index (χ3v) is 5.70. The molecule has 1 heterocycles. The number of nitrogens with zero attached hydrogens (tertiary/aromatic N) is 1. The highest BCUT2D eigenvalue weighted by atomic mass is 19.1. The topological polar surface area (TPSA) is 21.7 Å². The number of hydrogen-bond acceptors (Lipinski definition) is 3. The average molecular weight is 396 g/mol. The van der Waals surface area contributed by atoms with E-state index in [2.05, 4.69) is 32.6 Å². The highest BCUT2D eigenvalue weighted by Gasteiger charge is 2.30. The first-order chi connectivity index (χ1) is 14.0. The molecule has 4 rings (SSSR count). The summed E-state index contributed by atoms with van der Waals surface area (Å²) in [5.74, 6) is 2.37. The summed E-state index contributed by atoms with van der Waals surface area (Å²) in [5, 5.41) is 0. The highest BCUT2D eigenvalue weighted by Crippen LogP contribution is 2.32. The molecule has 2 aromatic carbocycles. The van der Waals surface area contributed by atoms with E-state index in [1.54, 1.807) is 0 Å². The predicted octanol–water partition coefficient (Wildman–Crippen LogP) is 5.95. The van der Waals surface area contributed by atoms with Gasteiger partial charge in [-0.3, -0.25) is 0 Å². The van der Waals surface area contributed by atoms with Crippen LogP contribution in [0, 0.1) is 11.7 Å². The van der Waals surface area contributed by atoms with Crippen molar-refractivity contribution in [2.45, 2.75) is 45.1 Å². The second kappa shape index (κ2) is 8.48. The molecule has 2 aliphatic rings. The fraction of sp³-hybridized carbons (Fsp3) is 0.440. The van der Waals surface area contributed by atoms with E-state index in [0.717, 1.165) is 12.2 Å². The SMILES string of the molecule is C=C(C)C[C@@H](C)c1ccc(OC2CN(c3ccc(OCC4CC4)cc3F)C2)cc1. The number of hydrogen-bond donors (Lipinski definition) is 0. The Bertz CT molecular complexity index is 854. The fourth-order valence-electron chi connectivity index (χ4n) is 3.75. The lowest BCUT2D eigenvalue weighted by atomic mass is 9.95. The zero-order valence-electron chi connectivity index (χ0n) is 17.4. The average Bonchev–Trinajstić information content (AvgIpc) is 3.48. The summed E-state index contributed by atoms with van der Waals surface area (Å²) < 4.78 is 26.2. The molecule has 1 atom stereocenters. The first-order valence-electron chi connectivity index (χ1n) is 10.6. The molecule has 2 aromatic rings. The van der Waals surface area contributed by atoms with Gasteiger partial charge in [0.2, 0.25) is 0 Å². The molecule has 0 aromatic heterocycles. The van der Waals surface area contributed by atoms with Gasteiger partial charge in [0.1, 0.15) is 23.4 Å². The maximum absolute atomic E-state index is 14.5. The Morgan fingerprint density at radius 2 is 1.83 bits per heavy atom. The van der Waals surface area contributed by atoms with Gasteiger partial charge in [-0.2, -0.15) is 0 Å². The van der Waals surface area contributed by atoms with Crippen LogP contribution < -0.4 is 14.4 Å². The quantitative estimate of drug-likeness (QED) is 0.490. The normalized spacial score (nSPS) is 17.6. The molecule has 4 heteroatoms. The third kappa shape index (κ3) is 5.11. The molecule has 0 amide bonds. The summed E-state index contributed by atoms with van der Waals surface area (Å²) in [4.78, 5) is 2.01. The molecule has 0 N–H and O–H groups in total. The zero-order chi connectivity index (χ0) is 20.4. The summed E-state index contributed by atoms with van der Waals surface area (Å²) in [7, 11) is 0. The molecule has 1 saturated carbocycles. The lowest BCUT2D eigenvalue weighted by molar-refractivity contribution is 0.167. The molecule has 154 valence electrons. The molecule has 3 nitrogen and oxygen atoms in total. The smallest absolute Gasteiger partial charge is 0.150 e. The first kappa shape index (κ1) is 19.8. The molecular formula is C25H30FNO2. The number of benzene rings is 2. The number of allylic oxidation sites excluding steroid dienone is 1. The number of ether oxygens (including phenoxy) is 2. The van der Waals surface area contributed by atoms with Crippen LogP contribution in [-0.2, 0) is 0 Å². The molecule has 1 aliphatic heterocycles. The van der Waals surface area contributed by atoms with Crippen LogP contribution in [0.25, 0.3) is 0 Å². The minimum absolute atomic E-state index is 0.0823. The van der Waals surface area contributed by atoms with E-state index in [9.17, 15) is 4.39 Å². The monoisotopic (exact) mass is 395 g/mol. The van der Waals surface area contributed by atoms with Crippen LogP contribution >= 0.6 is 0 Å². The van der Waals surface area contributed by atoms with E-state index in [4.69, 9.17) is 9.47 Å². The summed E-state index contributed by atoms with van der Waals surface area (Å²) in [5.41, 5.74) is 3.11. The van der Waals surface area contributed by atoms with E-state index in [0.29, 0.717) is 43.0 Å². The fourth-order valence-corrected chi connectivity index (χ4v) is 3.75. The van der Waals surface area contributed by atoms with Gasteiger partial charge in [-0.1, -0.05) is 24.6 Å². The van der Waals surface area contributed by atoms with E-state index < -0.39 is 0 Å². The van der Waals surface area contributed by atoms with Crippen LogP contribution in [0.2, 0.25) is 0 Å². The standard InChI is InChI=1S/C25H30FNO2/c1-17(2)12-18(3)20-6-8-21(9-7-20)29-23-14-27(15-23)25-11-10-22(13-24(25)26)28-16-19-4-5-19/h6-11,13,18-19,23H,1,4-5,12,14-16H2,2-3H3/t18-/m1/s1. The van der Waals surface area contributed by atoms with E-state index >= 15 is 0 Å². The summed E-state index contributed by atoms with van der Waals surface area (Å²) >= 11 is 0. The largest absolute Gasteiger partial charge is 0.493 e. The van der Waals surface area contributed by atoms with Gasteiger partial charge < -0.3 is 14.4 Å². The van der Waals surface area contributed by atoms with Crippen LogP contribution in [0.15, 0.2) is 54.6 Å². The maximum Gasteiger partial charge on any atom is 0.150 e. The van der Waals surface area contributed by atoms with E-state index in [-0.39, 0.29) is 11.9 Å². The van der Waals surface area contributed by atoms with Crippen LogP contribution in [-0.4, -0.2) is 25.8 Å². The maximum atomic E-state index is 14.5. The summed E-state index contributed by atoms with van der Waals surface area (Å²) in [6.45, 7) is 10.3. The van der Waals surface area contributed by atoms with Crippen molar-refractivity contribution in [3.05, 3.63) is 66.0 Å². The number of rotatable bonds is 9. The van der Waals surface area contributed by atoms with Crippen molar-refractivity contribution in [2.75, 3.05) is 24.6 Å². The Labute approximate surface area is 173 Å². The third-order valence-electron chi connectivity index (χ3n) is 5.70. The lowest BCUT2D eigenvalue weighted by Gasteiger charge is -2.40. The highest BCUT2D eigenvalue weighted by molar-refractivity contribution is 5.53. The molecule has 2 fully saturated rings. The molecule has 0 spiro atoms. The molecular weight excluding hydrogens is 365 g/mol. The Balaban J connectivity index is 1.27. The summed E-state index contributed by atoms with van der Waals surface area (Å²) in [6, 6.07) is 13.5. The van der Waals surface area contributed by atoms with Crippen molar-refractivity contribution in [3.63, 3.8) is 0 Å². The molecule has 1 saturated heterocycles. The second-order valence-corrected chi connectivity index (χ2v) is 8.64. The van der Waals surface area contributed by atoms with Crippen LogP contribution in [0.3, 0.4) is 0 Å². The Kier molecular flexibility index (Phi) is 5.79. The minimum Gasteiger partial charge on any atom is -0.493 e. The Morgan fingerprint density at radius 1 is 1.14 bits per heavy atom. The van der Waals surface area contributed by atoms with Gasteiger partial charge in [0.15, 0.2) is 0 Å². The molecule has 0 unspecified atom stereocenters. The van der Waals surface area contributed by atoms with Crippen molar-refractivity contribution in [2.24, 2.45) is 5.92 Å². The van der Waals surface area contributed by atoms with Crippen LogP contribution in [0.1, 0.15) is 44.6 Å². The Morgan fingerprint density at radius 3 is 2.45 bits per heavy atom. The second-order valence-electron chi connectivity index (χ2n) is 8.64. The molecule has 0 bridgehead atoms. The van der Waals surface area contributed by atoms with Gasteiger partial charge in [-0.05, 0) is 67.9 Å². The van der Waals surface area contributed by atoms with E-state index in [1.807, 2.05) is 29.2 Å². The first-order valence-corrected chi connectivity index (χ1v) is 10.6. The molecule has 29 heavy (non-hydrogen) atoms. The predicted molar refractivity (Wildman–Crippen MR) is 116 cm³/mol. The lowest BCUT2D eigenvalue weighted by Crippen LogP contribution is -2.54. The number of halogens is 1. The van der Waals surface area contributed by atoms with Crippen molar-refractivity contribution < 1.29 is 13.9 Å². The summed E-state index contributed by atoms with van der Waals surface area (Å²) in [6.07, 6.45) is 3.53. The van der Waals surface area contributed by atoms with Gasteiger partial charge >= 0.3 is 0 Å². The Hall–Kier alpha value is -2.49. The van der Waals surface area contributed by atoms with Gasteiger partial charge in [-0.25, -0.2) is 4.39 Å². The van der Waals surface area contributed by atoms with Crippen LogP contribution in [0.5, 0.6) is 11.5 Å². The van der Waals surface area contributed by atoms with Gasteiger partial charge in [-0.15, -0.1) is 6.58 Å². The molecule has 0 radical (unpaired) electrons. The van der Waals surface area contributed by atoms with Crippen molar-refractivity contribution in [3.8, 4) is 11.5 Å². The minimum atomic E-state index is -0.229. The van der Waals surface area contributed by atoms with Gasteiger partial charge in [0.25, 0.3) is 0 Å². The van der Waals surface area contributed by atoms with Gasteiger partial charge in [0.05, 0.1) is 25.4 Å². The van der Waals surface area contributed by atoms with Crippen molar-refractivity contribution in [1.29, 1.82) is 0 Å². The van der Waals surface area contributed by atoms with Gasteiger partial charge in [0, 0.05) is 6.07 Å². The van der Waals surface area contributed by atoms with Crippen molar-refractivity contribution >= 4 is 5.69 Å².